The van der Waals surface area contributed by atoms with Crippen molar-refractivity contribution in [2.24, 2.45) is 0 Å². The van der Waals surface area contributed by atoms with Crippen LogP contribution in [-0.2, 0) is 16.6 Å². The van der Waals surface area contributed by atoms with Gasteiger partial charge in [0.25, 0.3) is 0 Å². The molecule has 0 saturated heterocycles. The molecular formula is C18H14BrClFN3O3S. The van der Waals surface area contributed by atoms with Crippen LogP contribution in [0.4, 0.5) is 4.39 Å². The number of sulfonamides is 1. The maximum absolute atomic E-state index is 14.3. The van der Waals surface area contributed by atoms with Gasteiger partial charge in [-0.2, -0.15) is 4.31 Å². The molecule has 2 aromatic carbocycles. The molecule has 0 unspecified atom stereocenters. The highest BCUT2D eigenvalue weighted by Crippen LogP contribution is 2.35. The second-order valence-electron chi connectivity index (χ2n) is 6.34. The summed E-state index contributed by atoms with van der Waals surface area (Å²) in [6, 6.07) is 10.6. The molecule has 0 bridgehead atoms. The Morgan fingerprint density at radius 3 is 2.64 bits per heavy atom. The summed E-state index contributed by atoms with van der Waals surface area (Å²) in [5, 5.41) is 8.10. The molecule has 4 rings (SSSR count). The molecule has 10 heteroatoms. The molecule has 1 fully saturated rings. The first-order valence-corrected chi connectivity index (χ1v) is 11.0. The first kappa shape index (κ1) is 19.5. The van der Waals surface area contributed by atoms with Crippen LogP contribution in [-0.4, -0.2) is 29.0 Å². The minimum absolute atomic E-state index is 0.129. The lowest BCUT2D eigenvalue weighted by molar-refractivity contribution is 0.349. The first-order valence-electron chi connectivity index (χ1n) is 8.40. The minimum Gasteiger partial charge on any atom is -0.419 e. The standard InChI is InChI=1S/C18H14BrClFN3O3S/c19-14-4-2-1-3-13(14)18-23-22-17(27-18)10-24(12-6-7-12)28(25,26)16-8-5-11(20)9-15(16)21/h1-5,8-9,12H,6-7,10H2. The van der Waals surface area contributed by atoms with E-state index in [0.717, 1.165) is 10.5 Å². The third kappa shape index (κ3) is 3.84. The normalized spacial score (nSPS) is 14.6. The van der Waals surface area contributed by atoms with Crippen LogP contribution >= 0.6 is 27.5 Å². The van der Waals surface area contributed by atoms with E-state index in [2.05, 4.69) is 26.1 Å². The van der Waals surface area contributed by atoms with Crippen molar-refractivity contribution in [3.05, 3.63) is 63.7 Å². The van der Waals surface area contributed by atoms with E-state index in [-0.39, 0.29) is 29.4 Å². The molecule has 1 heterocycles. The quantitative estimate of drug-likeness (QED) is 0.507. The van der Waals surface area contributed by atoms with Crippen molar-refractivity contribution < 1.29 is 17.2 Å². The van der Waals surface area contributed by atoms with Gasteiger partial charge in [0.05, 0.1) is 12.1 Å². The topological polar surface area (TPSA) is 76.3 Å². The fraction of sp³-hybridized carbons (Fsp3) is 0.222. The summed E-state index contributed by atoms with van der Waals surface area (Å²) in [5.41, 5.74) is 0.700. The van der Waals surface area contributed by atoms with E-state index in [1.165, 1.54) is 16.4 Å². The van der Waals surface area contributed by atoms with E-state index in [9.17, 15) is 12.8 Å². The van der Waals surface area contributed by atoms with Crippen molar-refractivity contribution in [3.8, 4) is 11.5 Å². The third-order valence-corrected chi connectivity index (χ3v) is 7.16. The fourth-order valence-electron chi connectivity index (χ4n) is 2.78. The minimum atomic E-state index is -4.08. The lowest BCUT2D eigenvalue weighted by atomic mass is 10.2. The smallest absolute Gasteiger partial charge is 0.248 e. The number of rotatable bonds is 6. The van der Waals surface area contributed by atoms with Crippen molar-refractivity contribution in [1.82, 2.24) is 14.5 Å². The molecule has 1 aliphatic carbocycles. The Morgan fingerprint density at radius 2 is 1.96 bits per heavy atom. The average molecular weight is 487 g/mol. The number of nitrogens with zero attached hydrogens (tertiary/aromatic N) is 3. The maximum atomic E-state index is 14.3. The highest BCUT2D eigenvalue weighted by molar-refractivity contribution is 9.10. The Morgan fingerprint density at radius 1 is 1.21 bits per heavy atom. The summed E-state index contributed by atoms with van der Waals surface area (Å²) >= 11 is 9.16. The number of halogens is 3. The molecule has 28 heavy (non-hydrogen) atoms. The van der Waals surface area contributed by atoms with E-state index >= 15 is 0 Å². The van der Waals surface area contributed by atoms with Crippen LogP contribution in [0.2, 0.25) is 5.02 Å². The summed E-state index contributed by atoms with van der Waals surface area (Å²) in [4.78, 5) is -0.422. The van der Waals surface area contributed by atoms with Gasteiger partial charge >= 0.3 is 0 Å². The highest BCUT2D eigenvalue weighted by Gasteiger charge is 2.40. The molecule has 0 N–H and O–H groups in total. The lowest BCUT2D eigenvalue weighted by Gasteiger charge is -2.20. The van der Waals surface area contributed by atoms with Gasteiger partial charge in [0, 0.05) is 15.5 Å². The van der Waals surface area contributed by atoms with Crippen LogP contribution in [0.1, 0.15) is 18.7 Å². The van der Waals surface area contributed by atoms with Gasteiger partial charge in [-0.25, -0.2) is 12.8 Å². The van der Waals surface area contributed by atoms with Gasteiger partial charge in [-0.1, -0.05) is 23.7 Å². The largest absolute Gasteiger partial charge is 0.419 e. The number of hydrogen-bond acceptors (Lipinski definition) is 5. The molecule has 0 radical (unpaired) electrons. The van der Waals surface area contributed by atoms with Crippen LogP contribution in [0.3, 0.4) is 0 Å². The molecule has 1 aliphatic rings. The van der Waals surface area contributed by atoms with Gasteiger partial charge in [0.1, 0.15) is 10.7 Å². The Hall–Kier alpha value is -1.81. The van der Waals surface area contributed by atoms with E-state index in [1.807, 2.05) is 18.2 Å². The Bertz CT molecular complexity index is 1130. The van der Waals surface area contributed by atoms with Crippen LogP contribution in [0, 0.1) is 5.82 Å². The molecule has 0 aliphatic heterocycles. The van der Waals surface area contributed by atoms with Gasteiger partial charge in [-0.3, -0.25) is 0 Å². The van der Waals surface area contributed by atoms with Crippen LogP contribution in [0.25, 0.3) is 11.5 Å². The monoisotopic (exact) mass is 485 g/mol. The Balaban J connectivity index is 1.64. The van der Waals surface area contributed by atoms with E-state index in [4.69, 9.17) is 16.0 Å². The SMILES string of the molecule is O=S(=O)(c1ccc(Cl)cc1F)N(Cc1nnc(-c2ccccc2Br)o1)C1CC1. The van der Waals surface area contributed by atoms with Crippen LogP contribution in [0.15, 0.2) is 56.2 Å². The Labute approximate surface area is 174 Å². The van der Waals surface area contributed by atoms with E-state index in [1.54, 1.807) is 6.07 Å². The molecule has 146 valence electrons. The van der Waals surface area contributed by atoms with Crippen LogP contribution in [0.5, 0.6) is 0 Å². The first-order chi connectivity index (χ1) is 13.4. The third-order valence-electron chi connectivity index (χ3n) is 4.30. The Kier molecular flexibility index (Phi) is 5.26. The fourth-order valence-corrected chi connectivity index (χ4v) is 5.07. The van der Waals surface area contributed by atoms with Crippen molar-refractivity contribution in [2.75, 3.05) is 0 Å². The van der Waals surface area contributed by atoms with Gasteiger partial charge < -0.3 is 4.42 Å². The molecular weight excluding hydrogens is 473 g/mol. The lowest BCUT2D eigenvalue weighted by Crippen LogP contribution is -2.33. The molecule has 3 aromatic rings. The van der Waals surface area contributed by atoms with Crippen LogP contribution < -0.4 is 0 Å². The molecule has 0 spiro atoms. The van der Waals surface area contributed by atoms with E-state index < -0.39 is 20.7 Å². The van der Waals surface area contributed by atoms with Gasteiger partial charge in [0.2, 0.25) is 21.8 Å². The molecule has 0 amide bonds. The zero-order valence-electron chi connectivity index (χ0n) is 14.3. The summed E-state index contributed by atoms with van der Waals surface area (Å²) in [6.07, 6.45) is 1.39. The molecule has 6 nitrogen and oxygen atoms in total. The van der Waals surface area contributed by atoms with Gasteiger partial charge in [-0.15, -0.1) is 10.2 Å². The average Bonchev–Trinajstić information content (AvgIpc) is 3.37. The van der Waals surface area contributed by atoms with Crippen molar-refractivity contribution in [1.29, 1.82) is 0 Å². The van der Waals surface area contributed by atoms with Gasteiger partial charge in [-0.05, 0) is 59.1 Å². The second-order valence-corrected chi connectivity index (χ2v) is 9.49. The van der Waals surface area contributed by atoms with Crippen molar-refractivity contribution in [3.63, 3.8) is 0 Å². The summed E-state index contributed by atoms with van der Waals surface area (Å²) in [6.45, 7) is -0.132. The molecule has 0 atom stereocenters. The summed E-state index contributed by atoms with van der Waals surface area (Å²) < 4.78 is 48.0. The summed E-state index contributed by atoms with van der Waals surface area (Å²) in [5.74, 6) is -0.485. The van der Waals surface area contributed by atoms with E-state index in [0.29, 0.717) is 18.4 Å². The zero-order chi connectivity index (χ0) is 19.9. The van der Waals surface area contributed by atoms with Crippen molar-refractivity contribution >= 4 is 37.6 Å². The maximum Gasteiger partial charge on any atom is 0.248 e. The zero-order valence-corrected chi connectivity index (χ0v) is 17.5. The molecule has 1 aromatic heterocycles. The number of hydrogen-bond donors (Lipinski definition) is 0. The summed E-state index contributed by atoms with van der Waals surface area (Å²) in [7, 11) is -4.08. The second kappa shape index (κ2) is 7.55. The highest BCUT2D eigenvalue weighted by atomic mass is 79.9. The number of benzene rings is 2. The predicted molar refractivity (Wildman–Crippen MR) is 105 cm³/mol. The molecule has 1 saturated carbocycles. The predicted octanol–water partition coefficient (Wildman–Crippen LogP) is 4.64. The van der Waals surface area contributed by atoms with Gasteiger partial charge in [0.15, 0.2) is 0 Å². The van der Waals surface area contributed by atoms with Crippen molar-refractivity contribution in [2.45, 2.75) is 30.3 Å². The number of aromatic nitrogens is 2.